The third-order valence-corrected chi connectivity index (χ3v) is 4.10. The summed E-state index contributed by atoms with van der Waals surface area (Å²) >= 11 is 6.09. The minimum absolute atomic E-state index is 0.0845. The Morgan fingerprint density at radius 3 is 2.44 bits per heavy atom. The number of halogens is 2. The van der Waals surface area contributed by atoms with E-state index in [0.29, 0.717) is 16.1 Å². The molecule has 0 unspecified atom stereocenters. The van der Waals surface area contributed by atoms with Gasteiger partial charge in [0.2, 0.25) is 0 Å². The molecule has 1 aliphatic heterocycles. The fourth-order valence-corrected chi connectivity index (χ4v) is 2.65. The lowest BCUT2D eigenvalue weighted by molar-refractivity contribution is -0.222. The number of benzene rings is 2. The van der Waals surface area contributed by atoms with Crippen LogP contribution in [0.5, 0.6) is 5.75 Å². The van der Waals surface area contributed by atoms with Gasteiger partial charge < -0.3 is 14.2 Å². The van der Waals surface area contributed by atoms with Crippen molar-refractivity contribution in [3.8, 4) is 5.75 Å². The first kappa shape index (κ1) is 18.9. The van der Waals surface area contributed by atoms with Crippen molar-refractivity contribution in [3.63, 3.8) is 0 Å². The van der Waals surface area contributed by atoms with Crippen molar-refractivity contribution in [1.29, 1.82) is 0 Å². The Morgan fingerprint density at radius 2 is 1.78 bits per heavy atom. The maximum Gasteiger partial charge on any atom is 0.348 e. The van der Waals surface area contributed by atoms with E-state index in [-0.39, 0.29) is 17.9 Å². The molecule has 5 nitrogen and oxygen atoms in total. The molecular formula is C20H16ClFO5. The summed E-state index contributed by atoms with van der Waals surface area (Å²) in [5.74, 6) is -3.36. The Kier molecular flexibility index (Phi) is 5.19. The molecule has 0 aromatic heterocycles. The lowest BCUT2D eigenvalue weighted by atomic mass is 10.1. The van der Waals surface area contributed by atoms with Gasteiger partial charge in [-0.05, 0) is 24.3 Å². The predicted octanol–water partition coefficient (Wildman–Crippen LogP) is 4.28. The van der Waals surface area contributed by atoms with Gasteiger partial charge in [0.15, 0.2) is 0 Å². The third-order valence-electron chi connectivity index (χ3n) is 3.73. The molecule has 1 fully saturated rings. The fourth-order valence-electron chi connectivity index (χ4n) is 2.46. The smallest absolute Gasteiger partial charge is 0.348 e. The molecule has 1 saturated heterocycles. The summed E-state index contributed by atoms with van der Waals surface area (Å²) in [7, 11) is 0. The summed E-state index contributed by atoms with van der Waals surface area (Å²) in [6, 6.07) is 10.8. The number of esters is 2. The summed E-state index contributed by atoms with van der Waals surface area (Å²) in [6.07, 6.45) is 1.25. The first-order valence-electron chi connectivity index (χ1n) is 8.09. The molecule has 0 aliphatic carbocycles. The number of carbonyl (C=O) groups is 2. The molecular weight excluding hydrogens is 375 g/mol. The molecule has 0 saturated carbocycles. The van der Waals surface area contributed by atoms with E-state index < -0.39 is 23.5 Å². The highest BCUT2D eigenvalue weighted by Crippen LogP contribution is 2.29. The highest BCUT2D eigenvalue weighted by atomic mass is 35.5. The van der Waals surface area contributed by atoms with Crippen LogP contribution < -0.4 is 4.74 Å². The zero-order chi connectivity index (χ0) is 19.6. The Morgan fingerprint density at radius 1 is 1.11 bits per heavy atom. The molecule has 0 N–H and O–H groups in total. The second-order valence-electron chi connectivity index (χ2n) is 6.30. The van der Waals surface area contributed by atoms with Crippen LogP contribution in [0.4, 0.5) is 4.39 Å². The molecule has 2 aromatic rings. The topological polar surface area (TPSA) is 61.8 Å². The standard InChI is InChI=1S/C20H16ClFO5/c1-20(2)26-18(23)15(19(24)27-20)9-12-7-8-14(22)10-17(12)25-11-13-5-3-4-6-16(13)21/h3-10H,11H2,1-2H3. The van der Waals surface area contributed by atoms with E-state index >= 15 is 0 Å². The third kappa shape index (κ3) is 4.46. The fraction of sp³-hybridized carbons (Fsp3) is 0.200. The number of rotatable bonds is 4. The zero-order valence-corrected chi connectivity index (χ0v) is 15.4. The van der Waals surface area contributed by atoms with E-state index in [1.807, 2.05) is 0 Å². The van der Waals surface area contributed by atoms with Gasteiger partial charge >= 0.3 is 11.9 Å². The van der Waals surface area contributed by atoms with Crippen molar-refractivity contribution < 1.29 is 28.2 Å². The lowest BCUT2D eigenvalue weighted by Gasteiger charge is -2.29. The summed E-state index contributed by atoms with van der Waals surface area (Å²) in [4.78, 5) is 24.2. The van der Waals surface area contributed by atoms with Crippen LogP contribution in [-0.4, -0.2) is 17.7 Å². The number of hydrogen-bond donors (Lipinski definition) is 0. The molecule has 0 amide bonds. The van der Waals surface area contributed by atoms with Crippen molar-refractivity contribution >= 4 is 29.6 Å². The van der Waals surface area contributed by atoms with Crippen LogP contribution in [0, 0.1) is 5.82 Å². The number of cyclic esters (lactones) is 2. The molecule has 0 spiro atoms. The van der Waals surface area contributed by atoms with E-state index in [0.717, 1.165) is 6.07 Å². The zero-order valence-electron chi connectivity index (χ0n) is 14.6. The lowest BCUT2D eigenvalue weighted by Crippen LogP contribution is -2.41. The van der Waals surface area contributed by atoms with Gasteiger partial charge in [-0.3, -0.25) is 0 Å². The summed E-state index contributed by atoms with van der Waals surface area (Å²) in [5, 5.41) is 0.510. The van der Waals surface area contributed by atoms with Crippen LogP contribution >= 0.6 is 11.6 Å². The Bertz CT molecular complexity index is 914. The normalized spacial score (nSPS) is 15.8. The Labute approximate surface area is 160 Å². The Balaban J connectivity index is 1.89. The van der Waals surface area contributed by atoms with Crippen LogP contribution in [0.1, 0.15) is 25.0 Å². The van der Waals surface area contributed by atoms with E-state index in [4.69, 9.17) is 25.8 Å². The van der Waals surface area contributed by atoms with Gasteiger partial charge in [-0.1, -0.05) is 29.8 Å². The van der Waals surface area contributed by atoms with Crippen LogP contribution in [0.15, 0.2) is 48.0 Å². The van der Waals surface area contributed by atoms with E-state index in [1.165, 1.54) is 32.1 Å². The maximum absolute atomic E-state index is 13.7. The van der Waals surface area contributed by atoms with Gasteiger partial charge in [-0.2, -0.15) is 0 Å². The van der Waals surface area contributed by atoms with E-state index in [9.17, 15) is 14.0 Å². The van der Waals surface area contributed by atoms with Crippen molar-refractivity contribution in [2.75, 3.05) is 0 Å². The molecule has 0 atom stereocenters. The number of carbonyl (C=O) groups excluding carboxylic acids is 2. The molecule has 1 aliphatic rings. The van der Waals surface area contributed by atoms with Gasteiger partial charge in [0, 0.05) is 36.1 Å². The highest BCUT2D eigenvalue weighted by molar-refractivity contribution is 6.31. The Hall–Kier alpha value is -2.86. The average Bonchev–Trinajstić information content (AvgIpc) is 2.58. The van der Waals surface area contributed by atoms with Gasteiger partial charge in [-0.25, -0.2) is 14.0 Å². The first-order chi connectivity index (χ1) is 12.7. The molecule has 0 bridgehead atoms. The molecule has 27 heavy (non-hydrogen) atoms. The number of ether oxygens (including phenoxy) is 3. The van der Waals surface area contributed by atoms with E-state index in [1.54, 1.807) is 24.3 Å². The summed E-state index contributed by atoms with van der Waals surface area (Å²) in [6.45, 7) is 2.99. The quantitative estimate of drug-likeness (QED) is 0.443. The van der Waals surface area contributed by atoms with E-state index in [2.05, 4.69) is 0 Å². The van der Waals surface area contributed by atoms with Crippen LogP contribution in [-0.2, 0) is 25.7 Å². The highest BCUT2D eigenvalue weighted by Gasteiger charge is 2.39. The second-order valence-corrected chi connectivity index (χ2v) is 6.71. The van der Waals surface area contributed by atoms with Gasteiger partial charge in [0.1, 0.15) is 23.7 Å². The minimum Gasteiger partial charge on any atom is -0.488 e. The van der Waals surface area contributed by atoms with Crippen LogP contribution in [0.3, 0.4) is 0 Å². The summed E-state index contributed by atoms with van der Waals surface area (Å²) < 4.78 is 29.5. The van der Waals surface area contributed by atoms with Crippen molar-refractivity contribution in [2.24, 2.45) is 0 Å². The molecule has 2 aromatic carbocycles. The molecule has 0 radical (unpaired) electrons. The molecule has 3 rings (SSSR count). The van der Waals surface area contributed by atoms with Crippen molar-refractivity contribution in [3.05, 3.63) is 70.0 Å². The molecule has 140 valence electrons. The van der Waals surface area contributed by atoms with Crippen LogP contribution in [0.25, 0.3) is 6.08 Å². The average molecular weight is 391 g/mol. The first-order valence-corrected chi connectivity index (χ1v) is 8.47. The number of hydrogen-bond acceptors (Lipinski definition) is 5. The maximum atomic E-state index is 13.7. The van der Waals surface area contributed by atoms with Crippen molar-refractivity contribution in [2.45, 2.75) is 26.2 Å². The van der Waals surface area contributed by atoms with Gasteiger partial charge in [-0.15, -0.1) is 0 Å². The van der Waals surface area contributed by atoms with Gasteiger partial charge in [0.25, 0.3) is 5.79 Å². The van der Waals surface area contributed by atoms with Crippen LogP contribution in [0.2, 0.25) is 5.02 Å². The van der Waals surface area contributed by atoms with Crippen molar-refractivity contribution in [1.82, 2.24) is 0 Å². The molecule has 1 heterocycles. The largest absolute Gasteiger partial charge is 0.488 e. The summed E-state index contributed by atoms with van der Waals surface area (Å²) in [5.41, 5.74) is 0.732. The SMILES string of the molecule is CC1(C)OC(=O)C(=Cc2ccc(F)cc2OCc2ccccc2Cl)C(=O)O1. The minimum atomic E-state index is -1.34. The molecule has 7 heteroatoms. The van der Waals surface area contributed by atoms with Gasteiger partial charge in [0.05, 0.1) is 0 Å². The monoisotopic (exact) mass is 390 g/mol. The predicted molar refractivity (Wildman–Crippen MR) is 96.4 cm³/mol. The second kappa shape index (κ2) is 7.40.